The summed E-state index contributed by atoms with van der Waals surface area (Å²) in [6, 6.07) is 3.96. The molecule has 1 aromatic carbocycles. The Morgan fingerprint density at radius 2 is 2.00 bits per heavy atom. The van der Waals surface area contributed by atoms with E-state index in [1.54, 1.807) is 0 Å². The first-order valence-electron chi connectivity index (χ1n) is 3.81. The quantitative estimate of drug-likeness (QED) is 0.781. The predicted molar refractivity (Wildman–Crippen MR) is 50.8 cm³/mol. The van der Waals surface area contributed by atoms with E-state index in [9.17, 15) is 17.2 Å². The summed E-state index contributed by atoms with van der Waals surface area (Å²) in [6.45, 7) is -1.66. The van der Waals surface area contributed by atoms with Crippen LogP contribution in [0.5, 0.6) is 5.75 Å². The Bertz CT molecular complexity index is 459. The molecule has 0 fully saturated rings. The number of rotatable bonds is 3. The minimum Gasteiger partial charge on any atom is -0.433 e. The first-order valence-corrected chi connectivity index (χ1v) is 6.12. The zero-order valence-electron chi connectivity index (χ0n) is 7.58. The van der Waals surface area contributed by atoms with Crippen molar-refractivity contribution in [3.8, 4) is 5.75 Å². The fourth-order valence-corrected chi connectivity index (χ4v) is 2.53. The maximum Gasteiger partial charge on any atom is 0.387 e. The smallest absolute Gasteiger partial charge is 0.387 e. The highest BCUT2D eigenvalue weighted by Crippen LogP contribution is 2.30. The lowest BCUT2D eigenvalue weighted by atomic mass is 10.2. The molecule has 0 saturated heterocycles. The lowest BCUT2D eigenvalue weighted by Gasteiger charge is -2.10. The van der Waals surface area contributed by atoms with Crippen molar-refractivity contribution in [2.24, 2.45) is 0 Å². The van der Waals surface area contributed by atoms with Crippen molar-refractivity contribution in [2.45, 2.75) is 18.4 Å². The molecule has 0 heterocycles. The van der Waals surface area contributed by atoms with Crippen LogP contribution < -0.4 is 4.74 Å². The summed E-state index contributed by atoms with van der Waals surface area (Å²) in [5.74, 6) is -0.444. The summed E-state index contributed by atoms with van der Waals surface area (Å²) in [5.41, 5.74) is 0.253. The Morgan fingerprint density at radius 1 is 1.40 bits per heavy atom. The Balaban J connectivity index is 3.34. The molecule has 0 bridgehead atoms. The fraction of sp³-hybridized carbons (Fsp3) is 0.250. The van der Waals surface area contributed by atoms with Crippen molar-refractivity contribution in [3.05, 3.63) is 23.8 Å². The van der Waals surface area contributed by atoms with Gasteiger partial charge in [-0.05, 0) is 18.6 Å². The summed E-state index contributed by atoms with van der Waals surface area (Å²) >= 11 is 0. The fourth-order valence-electron chi connectivity index (χ4n) is 1.13. The third kappa shape index (κ3) is 3.04. The molecule has 1 aromatic rings. The Hall–Kier alpha value is -0.880. The highest BCUT2D eigenvalue weighted by atomic mass is 35.7. The van der Waals surface area contributed by atoms with Crippen LogP contribution in [0.4, 0.5) is 8.78 Å². The lowest BCUT2D eigenvalue weighted by molar-refractivity contribution is -0.0517. The van der Waals surface area contributed by atoms with Gasteiger partial charge >= 0.3 is 6.61 Å². The molecular weight excluding hydrogens is 250 g/mol. The van der Waals surface area contributed by atoms with E-state index in [-0.39, 0.29) is 5.56 Å². The molecule has 0 amide bonds. The lowest BCUT2D eigenvalue weighted by Crippen LogP contribution is -2.06. The molecule has 0 aliphatic rings. The maximum atomic E-state index is 12.0. The second kappa shape index (κ2) is 4.32. The van der Waals surface area contributed by atoms with Crippen molar-refractivity contribution in [1.82, 2.24) is 0 Å². The number of hydrogen-bond acceptors (Lipinski definition) is 3. The molecule has 0 unspecified atom stereocenters. The minimum atomic E-state index is -4.10. The number of alkyl halides is 2. The highest BCUT2D eigenvalue weighted by molar-refractivity contribution is 8.13. The molecule has 0 aromatic heterocycles. The third-order valence-electron chi connectivity index (χ3n) is 1.64. The first-order chi connectivity index (χ1) is 6.82. The van der Waals surface area contributed by atoms with E-state index in [2.05, 4.69) is 4.74 Å². The predicted octanol–water partition coefficient (Wildman–Crippen LogP) is 2.52. The molecular formula is C8H7ClF2O3S. The SMILES string of the molecule is Cc1cccc(OC(F)F)c1S(=O)(=O)Cl. The van der Waals surface area contributed by atoms with Crippen LogP contribution in [-0.4, -0.2) is 15.0 Å². The van der Waals surface area contributed by atoms with Crippen LogP contribution in [0.2, 0.25) is 0 Å². The van der Waals surface area contributed by atoms with Gasteiger partial charge in [0.1, 0.15) is 10.6 Å². The van der Waals surface area contributed by atoms with Crippen molar-refractivity contribution < 1.29 is 21.9 Å². The van der Waals surface area contributed by atoms with Crippen molar-refractivity contribution in [1.29, 1.82) is 0 Å². The summed E-state index contributed by atoms with van der Waals surface area (Å²) in [4.78, 5) is -0.424. The summed E-state index contributed by atoms with van der Waals surface area (Å²) in [5, 5.41) is 0. The molecule has 7 heteroatoms. The standard InChI is InChI=1S/C8H7ClF2O3S/c1-5-3-2-4-6(14-8(10)11)7(5)15(9,12)13/h2-4,8H,1H3. The number of ether oxygens (including phenoxy) is 1. The number of hydrogen-bond donors (Lipinski definition) is 0. The summed E-state index contributed by atoms with van der Waals surface area (Å²) in [6.07, 6.45) is 0. The van der Waals surface area contributed by atoms with Gasteiger partial charge in [0, 0.05) is 10.7 Å². The molecule has 0 spiro atoms. The average molecular weight is 257 g/mol. The van der Waals surface area contributed by atoms with Gasteiger partial charge in [-0.1, -0.05) is 12.1 Å². The molecule has 0 aliphatic heterocycles. The van der Waals surface area contributed by atoms with Crippen molar-refractivity contribution >= 4 is 19.7 Å². The summed E-state index contributed by atoms with van der Waals surface area (Å²) in [7, 11) is 1.00. The van der Waals surface area contributed by atoms with E-state index in [4.69, 9.17) is 10.7 Å². The van der Waals surface area contributed by atoms with Crippen LogP contribution in [-0.2, 0) is 9.05 Å². The Kier molecular flexibility index (Phi) is 3.51. The third-order valence-corrected chi connectivity index (χ3v) is 3.11. The van der Waals surface area contributed by atoms with Gasteiger partial charge in [0.2, 0.25) is 0 Å². The molecule has 3 nitrogen and oxygen atoms in total. The van der Waals surface area contributed by atoms with Gasteiger partial charge in [0.15, 0.2) is 0 Å². The minimum absolute atomic E-state index is 0.253. The topological polar surface area (TPSA) is 43.4 Å². The largest absolute Gasteiger partial charge is 0.433 e. The van der Waals surface area contributed by atoms with Crippen molar-refractivity contribution in [2.75, 3.05) is 0 Å². The van der Waals surface area contributed by atoms with E-state index >= 15 is 0 Å². The molecule has 84 valence electrons. The van der Waals surface area contributed by atoms with Crippen LogP contribution >= 0.6 is 10.7 Å². The van der Waals surface area contributed by atoms with E-state index in [0.29, 0.717) is 0 Å². The number of benzene rings is 1. The molecule has 0 atom stereocenters. The van der Waals surface area contributed by atoms with Gasteiger partial charge in [-0.25, -0.2) is 8.42 Å². The van der Waals surface area contributed by atoms with Crippen LogP contribution in [0, 0.1) is 6.92 Å². The number of halogens is 3. The number of aryl methyl sites for hydroxylation is 1. The molecule has 0 radical (unpaired) electrons. The van der Waals surface area contributed by atoms with Gasteiger partial charge < -0.3 is 4.74 Å². The van der Waals surface area contributed by atoms with Gasteiger partial charge in [-0.2, -0.15) is 8.78 Å². The van der Waals surface area contributed by atoms with Gasteiger partial charge in [-0.3, -0.25) is 0 Å². The zero-order chi connectivity index (χ0) is 11.6. The normalized spacial score (nSPS) is 11.8. The van der Waals surface area contributed by atoms with E-state index in [0.717, 1.165) is 6.07 Å². The van der Waals surface area contributed by atoms with Crippen LogP contribution in [0.1, 0.15) is 5.56 Å². The van der Waals surface area contributed by atoms with Crippen LogP contribution in [0.25, 0.3) is 0 Å². The second-order valence-corrected chi connectivity index (χ2v) is 5.22. The maximum absolute atomic E-state index is 12.0. The zero-order valence-corrected chi connectivity index (χ0v) is 9.15. The highest BCUT2D eigenvalue weighted by Gasteiger charge is 2.21. The Labute approximate surface area is 90.0 Å². The molecule has 0 saturated carbocycles. The van der Waals surface area contributed by atoms with Crippen LogP contribution in [0.15, 0.2) is 23.1 Å². The van der Waals surface area contributed by atoms with Crippen molar-refractivity contribution in [3.63, 3.8) is 0 Å². The first kappa shape index (κ1) is 12.2. The molecule has 0 aliphatic carbocycles. The van der Waals surface area contributed by atoms with E-state index < -0.39 is 26.3 Å². The van der Waals surface area contributed by atoms with E-state index in [1.165, 1.54) is 19.1 Å². The van der Waals surface area contributed by atoms with Gasteiger partial charge in [-0.15, -0.1) is 0 Å². The monoisotopic (exact) mass is 256 g/mol. The van der Waals surface area contributed by atoms with Crippen LogP contribution in [0.3, 0.4) is 0 Å². The second-order valence-electron chi connectivity index (χ2n) is 2.72. The summed E-state index contributed by atoms with van der Waals surface area (Å²) < 4.78 is 50.2. The molecule has 1 rings (SSSR count). The average Bonchev–Trinajstić information content (AvgIpc) is 1.99. The molecule has 15 heavy (non-hydrogen) atoms. The van der Waals surface area contributed by atoms with Gasteiger partial charge in [0.25, 0.3) is 9.05 Å². The molecule has 0 N–H and O–H groups in total. The Morgan fingerprint density at radius 3 is 2.47 bits per heavy atom. The van der Waals surface area contributed by atoms with E-state index in [1.807, 2.05) is 0 Å². The van der Waals surface area contributed by atoms with Gasteiger partial charge in [0.05, 0.1) is 0 Å².